The van der Waals surface area contributed by atoms with Gasteiger partial charge < -0.3 is 14.7 Å². The van der Waals surface area contributed by atoms with Gasteiger partial charge in [-0.05, 0) is 43.7 Å². The van der Waals surface area contributed by atoms with Crippen LogP contribution >= 0.6 is 0 Å². The van der Waals surface area contributed by atoms with Crippen molar-refractivity contribution in [2.75, 3.05) is 30.0 Å². The van der Waals surface area contributed by atoms with E-state index in [1.807, 2.05) is 24.3 Å². The molecule has 2 aromatic rings. The van der Waals surface area contributed by atoms with Gasteiger partial charge in [-0.2, -0.15) is 0 Å². The number of benzene rings is 2. The zero-order valence-corrected chi connectivity index (χ0v) is 17.9. The van der Waals surface area contributed by atoms with Gasteiger partial charge in [-0.15, -0.1) is 0 Å². The molecular formula is C24H28N2O4. The number of carbonyl (C=O) groups excluding carboxylic acids is 2. The van der Waals surface area contributed by atoms with E-state index in [0.29, 0.717) is 11.4 Å². The molecule has 3 rings (SSSR count). The average Bonchev–Trinajstić information content (AvgIpc) is 3.05. The molecule has 6 heteroatoms. The number of rotatable bonds is 8. The third-order valence-corrected chi connectivity index (χ3v) is 5.50. The maximum atomic E-state index is 13.0. The first-order valence-corrected chi connectivity index (χ1v) is 10.3. The predicted octanol–water partition coefficient (Wildman–Crippen LogP) is 4.42. The van der Waals surface area contributed by atoms with Gasteiger partial charge in [0, 0.05) is 37.0 Å². The molecule has 1 aliphatic rings. The number of aliphatic hydroxyl groups excluding tert-OH is 1. The van der Waals surface area contributed by atoms with Crippen LogP contribution in [0.4, 0.5) is 11.4 Å². The third kappa shape index (κ3) is 3.77. The summed E-state index contributed by atoms with van der Waals surface area (Å²) in [5.74, 6) is -0.727. The van der Waals surface area contributed by atoms with Gasteiger partial charge in [-0.3, -0.25) is 14.5 Å². The number of ether oxygens (including phenoxy) is 1. The minimum atomic E-state index is -0.692. The monoisotopic (exact) mass is 408 g/mol. The second kappa shape index (κ2) is 9.03. The van der Waals surface area contributed by atoms with Crippen LogP contribution in [0.3, 0.4) is 0 Å². The molecule has 0 saturated heterocycles. The van der Waals surface area contributed by atoms with Gasteiger partial charge in [0.25, 0.3) is 5.91 Å². The Hall–Kier alpha value is -3.28. The van der Waals surface area contributed by atoms with Crippen LogP contribution in [0.15, 0.2) is 59.9 Å². The van der Waals surface area contributed by atoms with Gasteiger partial charge in [-0.25, -0.2) is 0 Å². The predicted molar refractivity (Wildman–Crippen MR) is 118 cm³/mol. The summed E-state index contributed by atoms with van der Waals surface area (Å²) in [5, 5.41) is 10.6. The van der Waals surface area contributed by atoms with Crippen molar-refractivity contribution in [3.05, 3.63) is 65.4 Å². The number of ketones is 1. The molecule has 2 aromatic carbocycles. The number of amides is 1. The van der Waals surface area contributed by atoms with E-state index in [2.05, 4.69) is 18.7 Å². The summed E-state index contributed by atoms with van der Waals surface area (Å²) >= 11 is 0. The molecule has 158 valence electrons. The zero-order valence-electron chi connectivity index (χ0n) is 17.9. The first kappa shape index (κ1) is 21.4. The van der Waals surface area contributed by atoms with E-state index >= 15 is 0 Å². The minimum absolute atomic E-state index is 0.140. The number of hydrogen-bond donors (Lipinski definition) is 1. The molecular weight excluding hydrogens is 380 g/mol. The molecule has 1 heterocycles. The summed E-state index contributed by atoms with van der Waals surface area (Å²) in [6.07, 6.45) is 0.201. The number of methoxy groups -OCH3 is 1. The van der Waals surface area contributed by atoms with E-state index in [-0.39, 0.29) is 17.8 Å². The van der Waals surface area contributed by atoms with E-state index < -0.39 is 17.7 Å². The van der Waals surface area contributed by atoms with Crippen LogP contribution in [-0.2, 0) is 9.59 Å². The fourth-order valence-corrected chi connectivity index (χ4v) is 3.88. The van der Waals surface area contributed by atoms with Crippen LogP contribution in [0.5, 0.6) is 5.75 Å². The normalized spacial score (nSPS) is 16.2. The number of nitrogens with zero attached hydrogens (tertiary/aromatic N) is 2. The Morgan fingerprint density at radius 3 is 2.33 bits per heavy atom. The Morgan fingerprint density at radius 1 is 1.10 bits per heavy atom. The maximum Gasteiger partial charge on any atom is 0.294 e. The lowest BCUT2D eigenvalue weighted by Gasteiger charge is -2.28. The molecule has 1 amide bonds. The summed E-state index contributed by atoms with van der Waals surface area (Å²) in [6.45, 7) is 7.68. The van der Waals surface area contributed by atoms with E-state index in [4.69, 9.17) is 4.74 Å². The molecule has 0 spiro atoms. The van der Waals surface area contributed by atoms with E-state index in [1.165, 1.54) is 4.90 Å². The fourth-order valence-electron chi connectivity index (χ4n) is 3.88. The van der Waals surface area contributed by atoms with Crippen molar-refractivity contribution in [2.24, 2.45) is 0 Å². The van der Waals surface area contributed by atoms with Crippen LogP contribution in [-0.4, -0.2) is 37.0 Å². The lowest BCUT2D eigenvalue weighted by atomic mass is 9.94. The van der Waals surface area contributed by atoms with Crippen molar-refractivity contribution in [3.63, 3.8) is 0 Å². The van der Waals surface area contributed by atoms with Gasteiger partial charge in [0.05, 0.1) is 18.7 Å². The van der Waals surface area contributed by atoms with Crippen LogP contribution in [0.25, 0.3) is 0 Å². The molecule has 30 heavy (non-hydrogen) atoms. The topological polar surface area (TPSA) is 70.1 Å². The molecule has 0 radical (unpaired) electrons. The highest BCUT2D eigenvalue weighted by Gasteiger charge is 2.43. The molecule has 0 bridgehead atoms. The molecule has 1 unspecified atom stereocenters. The van der Waals surface area contributed by atoms with Crippen molar-refractivity contribution in [2.45, 2.75) is 33.2 Å². The van der Waals surface area contributed by atoms with Gasteiger partial charge >= 0.3 is 0 Å². The average molecular weight is 408 g/mol. The van der Waals surface area contributed by atoms with Crippen LogP contribution in [0, 0.1) is 0 Å². The Kier molecular flexibility index (Phi) is 6.45. The molecule has 1 N–H and O–H groups in total. The molecule has 0 aromatic heterocycles. The molecule has 0 aliphatic carbocycles. The summed E-state index contributed by atoms with van der Waals surface area (Å²) in [6, 6.07) is 14.2. The Labute approximate surface area is 177 Å². The van der Waals surface area contributed by atoms with E-state index in [0.717, 1.165) is 24.3 Å². The van der Waals surface area contributed by atoms with Crippen LogP contribution < -0.4 is 14.5 Å². The number of hydrogen-bond acceptors (Lipinski definition) is 5. The quantitative estimate of drug-likeness (QED) is 0.700. The fraction of sp³-hybridized carbons (Fsp3) is 0.333. The number of Topliss-reactive ketones (excluding diaryl/α,β-unsaturated/α-hetero) is 1. The van der Waals surface area contributed by atoms with Crippen molar-refractivity contribution in [1.29, 1.82) is 0 Å². The van der Waals surface area contributed by atoms with Gasteiger partial charge in [-0.1, -0.05) is 25.1 Å². The first-order valence-electron chi connectivity index (χ1n) is 10.3. The Balaban J connectivity index is 2.11. The molecule has 0 fully saturated rings. The Morgan fingerprint density at radius 2 is 1.77 bits per heavy atom. The molecule has 1 atom stereocenters. The standard InChI is InChI=1S/C24H28N2O4/c1-5-20(27)21-22(16-11-13-17(14-12-16)25(6-2)7-3)26(24(29)23(21)28)18-9-8-10-19(15-18)30-4/h8-15,22,28H,5-7H2,1-4H3. The van der Waals surface area contributed by atoms with Crippen molar-refractivity contribution in [3.8, 4) is 5.75 Å². The third-order valence-electron chi connectivity index (χ3n) is 5.50. The minimum Gasteiger partial charge on any atom is -0.503 e. The second-order valence-corrected chi connectivity index (χ2v) is 7.08. The van der Waals surface area contributed by atoms with Gasteiger partial charge in [0.1, 0.15) is 5.75 Å². The first-order chi connectivity index (χ1) is 14.5. The van der Waals surface area contributed by atoms with E-state index in [1.54, 1.807) is 38.3 Å². The van der Waals surface area contributed by atoms with Crippen LogP contribution in [0.1, 0.15) is 38.8 Å². The smallest absolute Gasteiger partial charge is 0.294 e. The van der Waals surface area contributed by atoms with Crippen LogP contribution in [0.2, 0.25) is 0 Å². The van der Waals surface area contributed by atoms with Crippen molar-refractivity contribution >= 4 is 23.1 Å². The number of aliphatic hydroxyl groups is 1. The van der Waals surface area contributed by atoms with Gasteiger partial charge in [0.15, 0.2) is 11.5 Å². The lowest BCUT2D eigenvalue weighted by Crippen LogP contribution is -2.31. The SMILES string of the molecule is CCC(=O)C1=C(O)C(=O)N(c2cccc(OC)c2)C1c1ccc(N(CC)CC)cc1. The largest absolute Gasteiger partial charge is 0.503 e. The van der Waals surface area contributed by atoms with Crippen molar-refractivity contribution in [1.82, 2.24) is 0 Å². The molecule has 6 nitrogen and oxygen atoms in total. The number of anilines is 2. The summed E-state index contributed by atoms with van der Waals surface area (Å²) in [7, 11) is 1.55. The highest BCUT2D eigenvalue weighted by molar-refractivity contribution is 6.16. The van der Waals surface area contributed by atoms with E-state index in [9.17, 15) is 14.7 Å². The summed E-state index contributed by atoms with van der Waals surface area (Å²) < 4.78 is 5.29. The summed E-state index contributed by atoms with van der Waals surface area (Å²) in [5.41, 5.74) is 2.53. The zero-order chi connectivity index (χ0) is 21.8. The highest BCUT2D eigenvalue weighted by atomic mass is 16.5. The Bertz CT molecular complexity index is 961. The number of carbonyl (C=O) groups is 2. The molecule has 1 aliphatic heterocycles. The lowest BCUT2D eigenvalue weighted by molar-refractivity contribution is -0.118. The van der Waals surface area contributed by atoms with Gasteiger partial charge in [0.2, 0.25) is 0 Å². The molecule has 0 saturated carbocycles. The maximum absolute atomic E-state index is 13.0. The summed E-state index contributed by atoms with van der Waals surface area (Å²) in [4.78, 5) is 29.4. The van der Waals surface area contributed by atoms with Crippen molar-refractivity contribution < 1.29 is 19.4 Å². The second-order valence-electron chi connectivity index (χ2n) is 7.08. The highest BCUT2D eigenvalue weighted by Crippen LogP contribution is 2.42.